The SMILES string of the molecule is CC(C)NS(=O)(=O)c1c(S(=O)(=O)N(C)C)ccc(/C(N)=N/O)c1S(=O)(=O)NC(C)(C)C. The average Bonchev–Trinajstić information content (AvgIpc) is 2.56. The van der Waals surface area contributed by atoms with Gasteiger partial charge in [-0.15, -0.1) is 0 Å². The Balaban J connectivity index is 4.39. The first kappa shape index (κ1) is 27.3. The molecule has 0 radical (unpaired) electrons. The van der Waals surface area contributed by atoms with Crippen LogP contribution < -0.4 is 15.2 Å². The van der Waals surface area contributed by atoms with Gasteiger partial charge in [0.1, 0.15) is 14.7 Å². The number of rotatable bonds is 8. The first-order valence-electron chi connectivity index (χ1n) is 8.91. The number of sulfonamides is 3. The molecule has 1 aromatic carbocycles. The maximum Gasteiger partial charge on any atom is 0.243 e. The number of amidine groups is 1. The lowest BCUT2D eigenvalue weighted by Gasteiger charge is -2.25. The molecule has 0 saturated carbocycles. The summed E-state index contributed by atoms with van der Waals surface area (Å²) in [6.07, 6.45) is 0. The lowest BCUT2D eigenvalue weighted by molar-refractivity contribution is 0.318. The first-order chi connectivity index (χ1) is 13.8. The third-order valence-electron chi connectivity index (χ3n) is 3.59. The molecule has 0 saturated heterocycles. The molecule has 15 heteroatoms. The van der Waals surface area contributed by atoms with Gasteiger partial charge in [-0.3, -0.25) is 0 Å². The molecule has 1 aromatic rings. The summed E-state index contributed by atoms with van der Waals surface area (Å²) in [6, 6.07) is 1.17. The second kappa shape index (κ2) is 8.99. The molecule has 0 atom stereocenters. The number of benzene rings is 1. The highest BCUT2D eigenvalue weighted by Gasteiger charge is 2.39. The quantitative estimate of drug-likeness (QED) is 0.164. The van der Waals surface area contributed by atoms with Crippen molar-refractivity contribution in [2.24, 2.45) is 10.9 Å². The maximum atomic E-state index is 13.3. The van der Waals surface area contributed by atoms with Crippen molar-refractivity contribution in [3.05, 3.63) is 17.7 Å². The fourth-order valence-electron chi connectivity index (χ4n) is 2.54. The van der Waals surface area contributed by atoms with Gasteiger partial charge in [0.2, 0.25) is 30.1 Å². The summed E-state index contributed by atoms with van der Waals surface area (Å²) < 4.78 is 84.0. The third-order valence-corrected chi connectivity index (χ3v) is 9.29. The predicted molar refractivity (Wildman–Crippen MR) is 115 cm³/mol. The van der Waals surface area contributed by atoms with Gasteiger partial charge in [0, 0.05) is 31.2 Å². The number of hydrogen-bond donors (Lipinski definition) is 4. The minimum Gasteiger partial charge on any atom is -0.409 e. The molecule has 31 heavy (non-hydrogen) atoms. The molecule has 1 rings (SSSR count). The average molecular weight is 500 g/mol. The van der Waals surface area contributed by atoms with Crippen LogP contribution in [0, 0.1) is 0 Å². The van der Waals surface area contributed by atoms with Crippen molar-refractivity contribution >= 4 is 35.9 Å². The zero-order valence-electron chi connectivity index (χ0n) is 18.3. The smallest absolute Gasteiger partial charge is 0.243 e. The van der Waals surface area contributed by atoms with Gasteiger partial charge in [-0.1, -0.05) is 5.16 Å². The fraction of sp³-hybridized carbons (Fsp3) is 0.562. The maximum absolute atomic E-state index is 13.3. The number of oxime groups is 1. The van der Waals surface area contributed by atoms with Crippen LogP contribution >= 0.6 is 0 Å². The number of hydrogen-bond acceptors (Lipinski definition) is 8. The van der Waals surface area contributed by atoms with Crippen LogP contribution in [0.15, 0.2) is 32.0 Å². The Labute approximate surface area is 183 Å². The van der Waals surface area contributed by atoms with E-state index in [1.54, 1.807) is 0 Å². The molecule has 0 aliphatic heterocycles. The lowest BCUT2D eigenvalue weighted by atomic mass is 10.1. The van der Waals surface area contributed by atoms with E-state index in [2.05, 4.69) is 14.6 Å². The lowest BCUT2D eigenvalue weighted by Crippen LogP contribution is -2.43. The van der Waals surface area contributed by atoms with Crippen molar-refractivity contribution in [2.75, 3.05) is 14.1 Å². The van der Waals surface area contributed by atoms with Crippen molar-refractivity contribution in [1.29, 1.82) is 0 Å². The topological polar surface area (TPSA) is 188 Å². The van der Waals surface area contributed by atoms with Gasteiger partial charge >= 0.3 is 0 Å². The minimum absolute atomic E-state index is 0.485. The number of nitrogens with one attached hydrogen (secondary N) is 2. The zero-order valence-corrected chi connectivity index (χ0v) is 20.8. The van der Waals surface area contributed by atoms with E-state index in [1.165, 1.54) is 48.7 Å². The molecule has 0 fully saturated rings. The summed E-state index contributed by atoms with van der Waals surface area (Å²) in [5.41, 5.74) is 4.07. The van der Waals surface area contributed by atoms with Gasteiger partial charge in [0.15, 0.2) is 5.84 Å². The van der Waals surface area contributed by atoms with Crippen molar-refractivity contribution < 1.29 is 30.5 Å². The highest BCUT2D eigenvalue weighted by Crippen LogP contribution is 2.33. The molecule has 0 bridgehead atoms. The van der Waals surface area contributed by atoms with Crippen molar-refractivity contribution in [3.63, 3.8) is 0 Å². The number of nitrogens with zero attached hydrogens (tertiary/aromatic N) is 2. The highest BCUT2D eigenvalue weighted by atomic mass is 32.2. The molecule has 0 amide bonds. The standard InChI is InChI=1S/C16H29N5O7S3/c1-10(2)19-29(23,24)14-12(31(27,28)21(6)7)9-8-11(15(17)18-22)13(14)30(25,26)20-16(3,4)5/h8-10,19-20,22H,1-7H3,(H2,17,18). The monoisotopic (exact) mass is 499 g/mol. The van der Waals surface area contributed by atoms with Crippen LogP contribution in [0.5, 0.6) is 0 Å². The van der Waals surface area contributed by atoms with Gasteiger partial charge in [0.05, 0.1) is 0 Å². The van der Waals surface area contributed by atoms with Crippen LogP contribution in [-0.2, 0) is 30.1 Å². The normalized spacial score (nSPS) is 14.4. The third kappa shape index (κ3) is 6.14. The molecule has 0 aliphatic rings. The Bertz CT molecular complexity index is 1180. The highest BCUT2D eigenvalue weighted by molar-refractivity contribution is 7.94. The van der Waals surface area contributed by atoms with Crippen molar-refractivity contribution in [3.8, 4) is 0 Å². The first-order valence-corrected chi connectivity index (χ1v) is 13.3. The molecule has 178 valence electrons. The Morgan fingerprint density at radius 2 is 1.55 bits per heavy atom. The van der Waals surface area contributed by atoms with Crippen LogP contribution in [0.1, 0.15) is 40.2 Å². The second-order valence-electron chi connectivity index (χ2n) is 8.17. The van der Waals surface area contributed by atoms with E-state index in [0.29, 0.717) is 0 Å². The summed E-state index contributed by atoms with van der Waals surface area (Å²) in [4.78, 5) is -2.76. The molecular weight excluding hydrogens is 470 g/mol. The Morgan fingerprint density at radius 1 is 1.03 bits per heavy atom. The van der Waals surface area contributed by atoms with Crippen molar-refractivity contribution in [1.82, 2.24) is 13.7 Å². The van der Waals surface area contributed by atoms with E-state index < -0.39 is 67.7 Å². The summed E-state index contributed by atoms with van der Waals surface area (Å²) >= 11 is 0. The van der Waals surface area contributed by atoms with E-state index in [-0.39, 0.29) is 0 Å². The summed E-state index contributed by atoms with van der Waals surface area (Å²) in [7, 11) is -11.5. The van der Waals surface area contributed by atoms with E-state index in [1.807, 2.05) is 0 Å². The Hall–Kier alpha value is -1.78. The second-order valence-corrected chi connectivity index (χ2v) is 13.6. The van der Waals surface area contributed by atoms with Gasteiger partial charge in [-0.2, -0.15) is 0 Å². The zero-order chi connectivity index (χ0) is 24.6. The minimum atomic E-state index is -4.71. The van der Waals surface area contributed by atoms with Crippen LogP contribution in [0.25, 0.3) is 0 Å². The van der Waals surface area contributed by atoms with Gasteiger partial charge in [0.25, 0.3) is 0 Å². The van der Waals surface area contributed by atoms with Crippen LogP contribution in [0.4, 0.5) is 0 Å². The van der Waals surface area contributed by atoms with Crippen LogP contribution in [-0.4, -0.2) is 66.3 Å². The van der Waals surface area contributed by atoms with Gasteiger partial charge < -0.3 is 10.9 Å². The summed E-state index contributed by atoms with van der Waals surface area (Å²) in [6.45, 7) is 7.48. The predicted octanol–water partition coefficient (Wildman–Crippen LogP) is -0.205. The van der Waals surface area contributed by atoms with E-state index in [4.69, 9.17) is 10.9 Å². The Kier molecular flexibility index (Phi) is 7.91. The summed E-state index contributed by atoms with van der Waals surface area (Å²) in [5.74, 6) is -0.718. The molecule has 0 heterocycles. The molecule has 12 nitrogen and oxygen atoms in total. The summed E-state index contributed by atoms with van der Waals surface area (Å²) in [5, 5.41) is 11.9. The van der Waals surface area contributed by atoms with E-state index >= 15 is 0 Å². The molecule has 0 spiro atoms. The van der Waals surface area contributed by atoms with Crippen molar-refractivity contribution in [2.45, 2.75) is 60.9 Å². The molecule has 5 N–H and O–H groups in total. The molecule has 0 aliphatic carbocycles. The molecular formula is C16H29N5O7S3. The number of nitrogens with two attached hydrogens (primary N) is 1. The largest absolute Gasteiger partial charge is 0.409 e. The van der Waals surface area contributed by atoms with E-state index in [0.717, 1.165) is 16.4 Å². The van der Waals surface area contributed by atoms with Gasteiger partial charge in [-0.05, 0) is 46.8 Å². The van der Waals surface area contributed by atoms with Crippen LogP contribution in [0.2, 0.25) is 0 Å². The van der Waals surface area contributed by atoms with Crippen LogP contribution in [0.3, 0.4) is 0 Å². The Morgan fingerprint density at radius 3 is 1.94 bits per heavy atom. The molecule has 0 unspecified atom stereocenters. The molecule has 0 aromatic heterocycles. The van der Waals surface area contributed by atoms with E-state index in [9.17, 15) is 25.3 Å². The fourth-order valence-corrected chi connectivity index (χ4v) is 8.03. The van der Waals surface area contributed by atoms with Gasteiger partial charge in [-0.25, -0.2) is 39.0 Å².